The van der Waals surface area contributed by atoms with Crippen molar-refractivity contribution in [1.82, 2.24) is 0 Å². The van der Waals surface area contributed by atoms with Crippen LogP contribution < -0.4 is 5.26 Å². The second-order valence-electron chi connectivity index (χ2n) is 6.85. The smallest absolute Gasteiger partial charge is 0.218 e. The first-order valence-electron chi connectivity index (χ1n) is 8.69. The second kappa shape index (κ2) is 9.31. The van der Waals surface area contributed by atoms with E-state index in [0.29, 0.717) is 0 Å². The van der Waals surface area contributed by atoms with Crippen LogP contribution in [0.3, 0.4) is 0 Å². The number of fused-ring (bicyclic) bond motifs is 2. The lowest BCUT2D eigenvalue weighted by Crippen LogP contribution is -2.61. The molecule has 10 atom stereocenters. The molecule has 0 aromatic heterocycles. The molecule has 3 saturated heterocycles. The average molecular weight is 446 g/mol. The molecular weight excluding hydrogens is 424 g/mol. The molecule has 3 heterocycles. The van der Waals surface area contributed by atoms with Crippen LogP contribution in [0.15, 0.2) is 0 Å². The molecule has 170 valence electrons. The number of rotatable bonds is 8. The highest BCUT2D eigenvalue weighted by Crippen LogP contribution is 2.37. The van der Waals surface area contributed by atoms with Crippen molar-refractivity contribution in [1.29, 1.82) is 0 Å². The fraction of sp³-hybridized carbons (Fsp3) is 1.00. The molecular formula is C14H22O14S-2. The highest BCUT2D eigenvalue weighted by molar-refractivity contribution is 7.80. The minimum absolute atomic E-state index is 0.0223. The first kappa shape index (κ1) is 23.1. The Kier molecular flexibility index (Phi) is 7.43. The minimum Gasteiger partial charge on any atom is -0.726 e. The third-order valence-electron chi connectivity index (χ3n) is 5.14. The predicted octanol–water partition coefficient (Wildman–Crippen LogP) is -3.71. The molecule has 3 aliphatic rings. The Morgan fingerprint density at radius 2 is 1.90 bits per heavy atom. The highest BCUT2D eigenvalue weighted by Gasteiger charge is 2.56. The molecule has 2 bridgehead atoms. The van der Waals surface area contributed by atoms with Crippen LogP contribution >= 0.6 is 0 Å². The van der Waals surface area contributed by atoms with Crippen molar-refractivity contribution in [2.45, 2.75) is 62.2 Å². The summed E-state index contributed by atoms with van der Waals surface area (Å²) in [4.78, 5) is 4.52. The maximum Gasteiger partial charge on any atom is 0.218 e. The maximum absolute atomic E-state index is 11.1. The van der Waals surface area contributed by atoms with Gasteiger partial charge >= 0.3 is 0 Å². The SMILES string of the molecule is CO[C@H]1OC2COC([C@H]2O[C@@H]2OC(CO)[C@H](OO[O-])[C@H](C)C2O)[C@@H]1OS(=O)(=O)[O-]. The van der Waals surface area contributed by atoms with Gasteiger partial charge in [-0.25, -0.2) is 13.3 Å². The lowest BCUT2D eigenvalue weighted by Gasteiger charge is -2.45. The standard InChI is InChI=1S/C14H24O14S/c1-5-8(16)13(23-6(3-15)9(5)26-28-17)25-10-7-4-22-11(10)12(14(21-2)24-7)27-29(18,19)20/h5-17H,3-4H2,1-2H3,(H,18,19,20)/p-2/t5-,6?,7?,8?,9-,10+,11?,12+,13+,14+/m1/s1. The van der Waals surface area contributed by atoms with Crippen molar-refractivity contribution in [3.05, 3.63) is 0 Å². The maximum atomic E-state index is 11.1. The normalized spacial score (nSPS) is 45.4. The van der Waals surface area contributed by atoms with E-state index in [-0.39, 0.29) is 6.61 Å². The first-order chi connectivity index (χ1) is 13.7. The van der Waals surface area contributed by atoms with Gasteiger partial charge in [-0.15, -0.1) is 0 Å². The van der Waals surface area contributed by atoms with Crippen molar-refractivity contribution in [2.75, 3.05) is 20.3 Å². The quantitative estimate of drug-likeness (QED) is 0.160. The van der Waals surface area contributed by atoms with Gasteiger partial charge in [0.25, 0.3) is 0 Å². The van der Waals surface area contributed by atoms with Crippen molar-refractivity contribution >= 4 is 10.4 Å². The molecule has 0 aromatic carbocycles. The summed E-state index contributed by atoms with van der Waals surface area (Å²) >= 11 is 0. The second-order valence-corrected chi connectivity index (χ2v) is 7.86. The van der Waals surface area contributed by atoms with Gasteiger partial charge in [-0.1, -0.05) is 6.92 Å². The van der Waals surface area contributed by atoms with Crippen molar-refractivity contribution in [2.24, 2.45) is 5.92 Å². The van der Waals surface area contributed by atoms with E-state index in [0.717, 1.165) is 0 Å². The largest absolute Gasteiger partial charge is 0.726 e. The van der Waals surface area contributed by atoms with E-state index in [1.54, 1.807) is 0 Å². The molecule has 0 saturated carbocycles. The molecule has 0 aromatic rings. The van der Waals surface area contributed by atoms with Crippen LogP contribution in [0, 0.1) is 5.92 Å². The number of aliphatic hydroxyl groups is 2. The minimum atomic E-state index is -5.11. The Balaban J connectivity index is 1.75. The summed E-state index contributed by atoms with van der Waals surface area (Å²) in [5, 5.41) is 33.7. The van der Waals surface area contributed by atoms with Gasteiger partial charge in [-0.3, -0.25) is 9.22 Å². The van der Waals surface area contributed by atoms with Gasteiger partial charge in [0, 0.05) is 13.0 Å². The Morgan fingerprint density at radius 3 is 2.48 bits per heavy atom. The van der Waals surface area contributed by atoms with Gasteiger partial charge in [-0.05, 0) is 0 Å². The number of aliphatic hydroxyl groups excluding tert-OH is 2. The first-order valence-corrected chi connectivity index (χ1v) is 10.0. The van der Waals surface area contributed by atoms with Crippen molar-refractivity contribution < 1.29 is 66.2 Å². The van der Waals surface area contributed by atoms with Crippen LogP contribution in [0.2, 0.25) is 0 Å². The molecule has 0 amide bonds. The summed E-state index contributed by atoms with van der Waals surface area (Å²) in [6, 6.07) is 0. The van der Waals surface area contributed by atoms with Crippen LogP contribution in [-0.2, 0) is 48.2 Å². The van der Waals surface area contributed by atoms with Crippen molar-refractivity contribution in [3.63, 3.8) is 0 Å². The fourth-order valence-corrected chi connectivity index (χ4v) is 4.19. The van der Waals surface area contributed by atoms with Gasteiger partial charge in [0.1, 0.15) is 36.6 Å². The molecule has 3 fully saturated rings. The molecule has 3 rings (SSSR count). The zero-order valence-corrected chi connectivity index (χ0v) is 16.2. The van der Waals surface area contributed by atoms with Crippen LogP contribution in [0.4, 0.5) is 0 Å². The number of hydrogen-bond donors (Lipinski definition) is 2. The summed E-state index contributed by atoms with van der Waals surface area (Å²) in [5.41, 5.74) is 0. The summed E-state index contributed by atoms with van der Waals surface area (Å²) in [7, 11) is -3.88. The molecule has 14 nitrogen and oxygen atoms in total. The molecule has 3 aliphatic heterocycles. The third kappa shape index (κ3) is 4.87. The number of methoxy groups -OCH3 is 1. The highest BCUT2D eigenvalue weighted by atomic mass is 32.3. The van der Waals surface area contributed by atoms with E-state index in [9.17, 15) is 28.4 Å². The van der Waals surface area contributed by atoms with Gasteiger partial charge < -0.3 is 43.7 Å². The van der Waals surface area contributed by atoms with E-state index in [4.69, 9.17) is 23.7 Å². The van der Waals surface area contributed by atoms with Gasteiger partial charge in [0.15, 0.2) is 18.7 Å². The number of hydrogen-bond acceptors (Lipinski definition) is 14. The van der Waals surface area contributed by atoms with Crippen molar-refractivity contribution in [3.8, 4) is 0 Å². The summed E-state index contributed by atoms with van der Waals surface area (Å²) < 4.78 is 65.0. The Morgan fingerprint density at radius 1 is 1.17 bits per heavy atom. The molecule has 2 N–H and O–H groups in total. The molecule has 0 aliphatic carbocycles. The molecule has 0 radical (unpaired) electrons. The molecule has 4 unspecified atom stereocenters. The lowest BCUT2D eigenvalue weighted by molar-refractivity contribution is -0.807. The van der Waals surface area contributed by atoms with Crippen LogP contribution in [0.5, 0.6) is 0 Å². The lowest BCUT2D eigenvalue weighted by atomic mass is 9.90. The Hall–Kier alpha value is -0.530. The van der Waals surface area contributed by atoms with E-state index in [2.05, 4.69) is 14.1 Å². The Labute approximate surface area is 165 Å². The van der Waals surface area contributed by atoms with Gasteiger partial charge in [-0.2, -0.15) is 0 Å². The monoisotopic (exact) mass is 446 g/mol. The van der Waals surface area contributed by atoms with E-state index < -0.39 is 78.2 Å². The summed E-state index contributed by atoms with van der Waals surface area (Å²) in [6.45, 7) is 0.933. The summed E-state index contributed by atoms with van der Waals surface area (Å²) in [6.07, 6.45) is -10.2. The zero-order valence-electron chi connectivity index (χ0n) is 15.4. The fourth-order valence-electron chi connectivity index (χ4n) is 3.72. The molecule has 15 heteroatoms. The third-order valence-corrected chi connectivity index (χ3v) is 5.60. The van der Waals surface area contributed by atoms with E-state index in [1.165, 1.54) is 14.0 Å². The Bertz CT molecular complexity index is 642. The van der Waals surface area contributed by atoms with Crippen LogP contribution in [0.25, 0.3) is 0 Å². The number of ether oxygens (including phenoxy) is 5. The van der Waals surface area contributed by atoms with E-state index in [1.807, 2.05) is 0 Å². The molecule has 0 spiro atoms. The zero-order chi connectivity index (χ0) is 21.3. The van der Waals surface area contributed by atoms with Crippen LogP contribution in [-0.4, -0.2) is 98.8 Å². The van der Waals surface area contributed by atoms with Gasteiger partial charge in [0.05, 0.1) is 13.2 Å². The molecule has 29 heavy (non-hydrogen) atoms. The van der Waals surface area contributed by atoms with Crippen LogP contribution in [0.1, 0.15) is 6.92 Å². The van der Waals surface area contributed by atoms with E-state index >= 15 is 0 Å². The topological polar surface area (TPSA) is 195 Å². The van der Waals surface area contributed by atoms with Gasteiger partial charge in [0.2, 0.25) is 10.4 Å². The predicted molar refractivity (Wildman–Crippen MR) is 81.7 cm³/mol. The average Bonchev–Trinajstić information content (AvgIpc) is 2.96. The summed E-state index contributed by atoms with van der Waals surface area (Å²) in [5.74, 6) is -0.747.